The Morgan fingerprint density at radius 1 is 0.889 bits per heavy atom. The average Bonchev–Trinajstić information content (AvgIpc) is 2.45. The van der Waals surface area contributed by atoms with E-state index in [1.165, 1.54) is 11.1 Å². The summed E-state index contributed by atoms with van der Waals surface area (Å²) in [7, 11) is 0. The fourth-order valence-electron chi connectivity index (χ4n) is 1.84. The van der Waals surface area contributed by atoms with E-state index >= 15 is 0 Å². The van der Waals surface area contributed by atoms with Crippen LogP contribution in [0.15, 0.2) is 66.9 Å². The minimum Gasteiger partial charge on any atom is -0.373 e. The molecule has 0 aliphatic heterocycles. The number of hydrogen-bond donors (Lipinski definition) is 0. The lowest BCUT2D eigenvalue weighted by Crippen LogP contribution is -2.15. The van der Waals surface area contributed by atoms with Gasteiger partial charge in [0.25, 0.3) is 0 Å². The molecule has 92 valence electrons. The van der Waals surface area contributed by atoms with Gasteiger partial charge in [0.2, 0.25) is 0 Å². The van der Waals surface area contributed by atoms with Crippen molar-refractivity contribution in [3.8, 4) is 0 Å². The Hall–Kier alpha value is -2.02. The smallest absolute Gasteiger partial charge is 0.0423 e. The van der Waals surface area contributed by atoms with Crippen LogP contribution >= 0.6 is 0 Å². The molecule has 1 nitrogen and oxygen atoms in total. The summed E-state index contributed by atoms with van der Waals surface area (Å²) in [6.45, 7) is 4.15. The molecule has 0 aliphatic rings. The zero-order chi connectivity index (χ0) is 12.6. The van der Waals surface area contributed by atoms with Crippen LogP contribution in [0.25, 0.3) is 6.08 Å². The van der Waals surface area contributed by atoms with Crippen LogP contribution in [0.4, 0.5) is 0 Å². The molecule has 0 atom stereocenters. The van der Waals surface area contributed by atoms with Gasteiger partial charge in [-0.15, -0.1) is 0 Å². The van der Waals surface area contributed by atoms with Gasteiger partial charge in [-0.2, -0.15) is 0 Å². The fourth-order valence-corrected chi connectivity index (χ4v) is 1.84. The van der Waals surface area contributed by atoms with Gasteiger partial charge in [0, 0.05) is 13.1 Å². The minimum atomic E-state index is 0.959. The van der Waals surface area contributed by atoms with Crippen LogP contribution in [0.5, 0.6) is 0 Å². The van der Waals surface area contributed by atoms with Crippen molar-refractivity contribution in [2.75, 3.05) is 6.54 Å². The zero-order valence-electron chi connectivity index (χ0n) is 10.8. The van der Waals surface area contributed by atoms with Crippen LogP contribution in [-0.2, 0) is 6.54 Å². The van der Waals surface area contributed by atoms with Crippen molar-refractivity contribution in [2.24, 2.45) is 0 Å². The number of nitrogens with zero attached hydrogens (tertiary/aromatic N) is 1. The van der Waals surface area contributed by atoms with Gasteiger partial charge in [-0.25, -0.2) is 0 Å². The van der Waals surface area contributed by atoms with Crippen molar-refractivity contribution in [3.63, 3.8) is 0 Å². The molecule has 2 aromatic rings. The lowest BCUT2D eigenvalue weighted by atomic mass is 10.2. The Morgan fingerprint density at radius 2 is 1.50 bits per heavy atom. The average molecular weight is 237 g/mol. The van der Waals surface area contributed by atoms with Crippen LogP contribution in [0.2, 0.25) is 0 Å². The Kier molecular flexibility index (Phi) is 4.60. The van der Waals surface area contributed by atoms with E-state index in [1.54, 1.807) is 0 Å². The van der Waals surface area contributed by atoms with Gasteiger partial charge in [-0.3, -0.25) is 0 Å². The van der Waals surface area contributed by atoms with E-state index in [1.807, 2.05) is 6.07 Å². The molecule has 2 aromatic carbocycles. The van der Waals surface area contributed by atoms with Crippen LogP contribution < -0.4 is 0 Å². The monoisotopic (exact) mass is 237 g/mol. The molecule has 0 amide bonds. The molecular weight excluding hydrogens is 218 g/mol. The number of rotatable bonds is 5. The summed E-state index contributed by atoms with van der Waals surface area (Å²) >= 11 is 0. The molecule has 0 N–H and O–H groups in total. The standard InChI is InChI=1S/C17H19N/c1-2-18(15-17-11-7-4-8-12-17)14-13-16-9-5-3-6-10-16/h3-14H,2,15H2,1H3/b14-13+. The highest BCUT2D eigenvalue weighted by Gasteiger charge is 1.97. The van der Waals surface area contributed by atoms with Crippen LogP contribution in [0, 0.1) is 0 Å². The van der Waals surface area contributed by atoms with Crippen molar-refractivity contribution in [2.45, 2.75) is 13.5 Å². The highest BCUT2D eigenvalue weighted by Crippen LogP contribution is 2.07. The SMILES string of the molecule is CCN(/C=C/c1ccccc1)Cc1ccccc1. The van der Waals surface area contributed by atoms with E-state index in [0.717, 1.165) is 13.1 Å². The van der Waals surface area contributed by atoms with Crippen LogP contribution in [0.1, 0.15) is 18.1 Å². The molecule has 0 unspecified atom stereocenters. The molecule has 18 heavy (non-hydrogen) atoms. The quantitative estimate of drug-likeness (QED) is 0.754. The first kappa shape index (κ1) is 12.4. The highest BCUT2D eigenvalue weighted by molar-refractivity contribution is 5.48. The predicted octanol–water partition coefficient (Wildman–Crippen LogP) is 4.18. The van der Waals surface area contributed by atoms with Gasteiger partial charge >= 0.3 is 0 Å². The second-order valence-electron chi connectivity index (χ2n) is 4.28. The van der Waals surface area contributed by atoms with E-state index in [0.29, 0.717) is 0 Å². The van der Waals surface area contributed by atoms with E-state index < -0.39 is 0 Å². The van der Waals surface area contributed by atoms with Crippen LogP contribution in [0.3, 0.4) is 0 Å². The molecule has 1 heteroatoms. The summed E-state index contributed by atoms with van der Waals surface area (Å²) < 4.78 is 0. The Bertz CT molecular complexity index is 473. The summed E-state index contributed by atoms with van der Waals surface area (Å²) in [4.78, 5) is 2.31. The second kappa shape index (κ2) is 6.65. The highest BCUT2D eigenvalue weighted by atomic mass is 15.1. The maximum absolute atomic E-state index is 2.31. The van der Waals surface area contributed by atoms with Gasteiger partial charge in [0.15, 0.2) is 0 Å². The first-order valence-electron chi connectivity index (χ1n) is 6.39. The predicted molar refractivity (Wildman–Crippen MR) is 78.0 cm³/mol. The van der Waals surface area contributed by atoms with Crippen molar-refractivity contribution < 1.29 is 0 Å². The fraction of sp³-hybridized carbons (Fsp3) is 0.176. The Balaban J connectivity index is 2.00. The molecular formula is C17H19N. The summed E-state index contributed by atoms with van der Waals surface area (Å²) in [5.74, 6) is 0. The van der Waals surface area contributed by atoms with Crippen molar-refractivity contribution >= 4 is 6.08 Å². The van der Waals surface area contributed by atoms with E-state index in [9.17, 15) is 0 Å². The zero-order valence-corrected chi connectivity index (χ0v) is 10.8. The summed E-state index contributed by atoms with van der Waals surface area (Å²) in [5, 5.41) is 0. The summed E-state index contributed by atoms with van der Waals surface area (Å²) in [6.07, 6.45) is 4.33. The number of benzene rings is 2. The van der Waals surface area contributed by atoms with Crippen molar-refractivity contribution in [1.29, 1.82) is 0 Å². The number of hydrogen-bond acceptors (Lipinski definition) is 1. The maximum atomic E-state index is 2.31. The topological polar surface area (TPSA) is 3.24 Å². The Labute approximate surface area is 109 Å². The first-order valence-corrected chi connectivity index (χ1v) is 6.39. The molecule has 0 radical (unpaired) electrons. The molecule has 0 aliphatic carbocycles. The molecule has 0 heterocycles. The van der Waals surface area contributed by atoms with Gasteiger partial charge < -0.3 is 4.90 Å². The van der Waals surface area contributed by atoms with Gasteiger partial charge in [0.1, 0.15) is 0 Å². The Morgan fingerprint density at radius 3 is 2.11 bits per heavy atom. The first-order chi connectivity index (χ1) is 8.88. The third-order valence-corrected chi connectivity index (χ3v) is 2.91. The van der Waals surface area contributed by atoms with Crippen molar-refractivity contribution in [1.82, 2.24) is 4.90 Å². The molecule has 0 fully saturated rings. The third-order valence-electron chi connectivity index (χ3n) is 2.91. The van der Waals surface area contributed by atoms with Gasteiger partial charge in [-0.1, -0.05) is 60.7 Å². The lowest BCUT2D eigenvalue weighted by Gasteiger charge is -2.18. The summed E-state index contributed by atoms with van der Waals surface area (Å²) in [5.41, 5.74) is 2.58. The second-order valence-corrected chi connectivity index (χ2v) is 4.28. The molecule has 0 saturated carbocycles. The van der Waals surface area contributed by atoms with E-state index in [-0.39, 0.29) is 0 Å². The molecule has 0 bridgehead atoms. The minimum absolute atomic E-state index is 0.959. The van der Waals surface area contributed by atoms with E-state index in [2.05, 4.69) is 78.7 Å². The normalized spacial score (nSPS) is 10.7. The lowest BCUT2D eigenvalue weighted by molar-refractivity contribution is 0.392. The van der Waals surface area contributed by atoms with Crippen LogP contribution in [-0.4, -0.2) is 11.4 Å². The third kappa shape index (κ3) is 3.77. The van der Waals surface area contributed by atoms with Gasteiger partial charge in [0.05, 0.1) is 0 Å². The molecule has 0 saturated heterocycles. The van der Waals surface area contributed by atoms with Gasteiger partial charge in [-0.05, 0) is 30.3 Å². The summed E-state index contributed by atoms with van der Waals surface area (Å²) in [6, 6.07) is 21.0. The maximum Gasteiger partial charge on any atom is 0.0423 e. The molecule has 0 spiro atoms. The largest absolute Gasteiger partial charge is 0.373 e. The molecule has 2 rings (SSSR count). The van der Waals surface area contributed by atoms with Crippen molar-refractivity contribution in [3.05, 3.63) is 78.0 Å². The van der Waals surface area contributed by atoms with E-state index in [4.69, 9.17) is 0 Å². The molecule has 0 aromatic heterocycles.